The Morgan fingerprint density at radius 2 is 1.97 bits per heavy atom. The van der Waals surface area contributed by atoms with Crippen LogP contribution in [0.15, 0.2) is 33.9 Å². The molecule has 0 N–H and O–H groups in total. The van der Waals surface area contributed by atoms with E-state index in [4.69, 9.17) is 16.9 Å². The van der Waals surface area contributed by atoms with Crippen molar-refractivity contribution in [2.24, 2.45) is 14.1 Å². The highest BCUT2D eigenvalue weighted by molar-refractivity contribution is 6.29. The molecule has 2 heterocycles. The number of imidazole rings is 1. The number of anilines is 1. The van der Waals surface area contributed by atoms with E-state index in [1.807, 2.05) is 6.07 Å². The zero-order valence-electron chi connectivity index (χ0n) is 15.6. The largest absolute Gasteiger partial charge is 0.332 e. The minimum atomic E-state index is -0.662. The SMILES string of the molecule is Cn1c(=O)c2c(nc(Cl)n2CC(=O)N(CCC#N)c2ccccc2F)n(C)c1=O. The molecular formula is C18H16ClFN6O3. The maximum absolute atomic E-state index is 14.2. The molecule has 0 saturated heterocycles. The molecule has 3 aromatic rings. The van der Waals surface area contributed by atoms with Crippen LogP contribution in [0.3, 0.4) is 0 Å². The van der Waals surface area contributed by atoms with E-state index in [2.05, 4.69) is 4.98 Å². The van der Waals surface area contributed by atoms with E-state index in [-0.39, 0.29) is 35.1 Å². The van der Waals surface area contributed by atoms with Gasteiger partial charge in [-0.05, 0) is 23.7 Å². The molecule has 0 spiro atoms. The van der Waals surface area contributed by atoms with Gasteiger partial charge in [0.2, 0.25) is 11.2 Å². The van der Waals surface area contributed by atoms with Crippen LogP contribution in [0.2, 0.25) is 5.28 Å². The third kappa shape index (κ3) is 3.52. The highest BCUT2D eigenvalue weighted by Crippen LogP contribution is 2.21. The van der Waals surface area contributed by atoms with Crippen LogP contribution >= 0.6 is 11.6 Å². The molecule has 1 amide bonds. The van der Waals surface area contributed by atoms with Gasteiger partial charge in [-0.1, -0.05) is 12.1 Å². The van der Waals surface area contributed by atoms with Gasteiger partial charge in [-0.15, -0.1) is 0 Å². The average Bonchev–Trinajstić information content (AvgIpc) is 3.02. The van der Waals surface area contributed by atoms with Gasteiger partial charge in [0.15, 0.2) is 11.2 Å². The fraction of sp³-hybridized carbons (Fsp3) is 0.278. The zero-order valence-corrected chi connectivity index (χ0v) is 16.4. The second kappa shape index (κ2) is 7.89. The van der Waals surface area contributed by atoms with Crippen LogP contribution in [-0.2, 0) is 25.4 Å². The monoisotopic (exact) mass is 418 g/mol. The number of carbonyl (C=O) groups is 1. The first-order valence-electron chi connectivity index (χ1n) is 8.51. The van der Waals surface area contributed by atoms with Crippen molar-refractivity contribution in [3.63, 3.8) is 0 Å². The maximum atomic E-state index is 14.2. The van der Waals surface area contributed by atoms with E-state index < -0.39 is 29.5 Å². The van der Waals surface area contributed by atoms with E-state index in [9.17, 15) is 18.8 Å². The number of carbonyl (C=O) groups excluding carboxylic acids is 1. The number of nitriles is 1. The average molecular weight is 419 g/mol. The van der Waals surface area contributed by atoms with Crippen molar-refractivity contribution in [3.05, 3.63) is 56.2 Å². The summed E-state index contributed by atoms with van der Waals surface area (Å²) in [6, 6.07) is 7.59. The quantitative estimate of drug-likeness (QED) is 0.578. The standard InChI is InChI=1S/C18H16ClFN6O3/c1-23-15-14(16(28)24(2)18(23)29)26(17(19)22-15)10-13(27)25(9-5-8-21)12-7-4-3-6-11(12)20/h3-4,6-7H,5,9-10H2,1-2H3. The number of rotatable bonds is 5. The van der Waals surface area contributed by atoms with Crippen LogP contribution in [0, 0.1) is 17.1 Å². The fourth-order valence-corrected chi connectivity index (χ4v) is 3.22. The highest BCUT2D eigenvalue weighted by atomic mass is 35.5. The summed E-state index contributed by atoms with van der Waals surface area (Å²) in [5.74, 6) is -1.22. The van der Waals surface area contributed by atoms with Crippen LogP contribution in [0.4, 0.5) is 10.1 Å². The van der Waals surface area contributed by atoms with Gasteiger partial charge in [0, 0.05) is 20.6 Å². The van der Waals surface area contributed by atoms with Crippen molar-refractivity contribution in [1.29, 1.82) is 5.26 Å². The number of benzene rings is 1. The van der Waals surface area contributed by atoms with E-state index >= 15 is 0 Å². The molecule has 0 unspecified atom stereocenters. The van der Waals surface area contributed by atoms with Gasteiger partial charge < -0.3 is 4.90 Å². The molecule has 0 aliphatic heterocycles. The van der Waals surface area contributed by atoms with Crippen molar-refractivity contribution in [1.82, 2.24) is 18.7 Å². The van der Waals surface area contributed by atoms with Crippen molar-refractivity contribution in [2.75, 3.05) is 11.4 Å². The number of hydrogen-bond acceptors (Lipinski definition) is 5. The van der Waals surface area contributed by atoms with Crippen molar-refractivity contribution in [3.8, 4) is 6.07 Å². The van der Waals surface area contributed by atoms with Gasteiger partial charge in [0.25, 0.3) is 5.56 Å². The zero-order chi connectivity index (χ0) is 21.3. The van der Waals surface area contributed by atoms with Crippen LogP contribution in [0.5, 0.6) is 0 Å². The Bertz CT molecular complexity index is 1270. The smallest absolute Gasteiger partial charge is 0.307 e. The minimum Gasteiger partial charge on any atom is -0.307 e. The van der Waals surface area contributed by atoms with E-state index in [0.717, 1.165) is 14.0 Å². The summed E-state index contributed by atoms with van der Waals surface area (Å²) >= 11 is 6.14. The first-order valence-corrected chi connectivity index (χ1v) is 8.89. The lowest BCUT2D eigenvalue weighted by atomic mass is 10.2. The van der Waals surface area contributed by atoms with Gasteiger partial charge in [-0.25, -0.2) is 9.18 Å². The van der Waals surface area contributed by atoms with E-state index in [1.165, 1.54) is 36.9 Å². The lowest BCUT2D eigenvalue weighted by Crippen LogP contribution is -2.39. The number of aryl methyl sites for hydroxylation is 1. The number of hydrogen-bond donors (Lipinski definition) is 0. The number of halogens is 2. The van der Waals surface area contributed by atoms with Crippen molar-refractivity contribution >= 4 is 34.4 Å². The predicted octanol–water partition coefficient (Wildman–Crippen LogP) is 1.17. The molecule has 3 rings (SSSR count). The van der Waals surface area contributed by atoms with Crippen LogP contribution in [-0.4, -0.2) is 31.1 Å². The summed E-state index contributed by atoms with van der Waals surface area (Å²) < 4.78 is 17.4. The summed E-state index contributed by atoms with van der Waals surface area (Å²) in [5.41, 5.74) is -1.23. The predicted molar refractivity (Wildman–Crippen MR) is 104 cm³/mol. The van der Waals surface area contributed by atoms with E-state index in [1.54, 1.807) is 6.07 Å². The molecule has 0 saturated carbocycles. The summed E-state index contributed by atoms with van der Waals surface area (Å²) in [5, 5.41) is 8.72. The number of aromatic nitrogens is 4. The fourth-order valence-electron chi connectivity index (χ4n) is 3.00. The Morgan fingerprint density at radius 3 is 2.62 bits per heavy atom. The van der Waals surface area contributed by atoms with Gasteiger partial charge in [-0.2, -0.15) is 10.2 Å². The first-order chi connectivity index (χ1) is 13.8. The highest BCUT2D eigenvalue weighted by Gasteiger charge is 2.24. The molecule has 0 radical (unpaired) electrons. The van der Waals surface area contributed by atoms with Gasteiger partial charge in [0.05, 0.1) is 18.2 Å². The van der Waals surface area contributed by atoms with Crippen LogP contribution < -0.4 is 16.1 Å². The Balaban J connectivity index is 2.10. The third-order valence-electron chi connectivity index (χ3n) is 4.49. The Morgan fingerprint density at radius 1 is 1.28 bits per heavy atom. The lowest BCUT2D eigenvalue weighted by molar-refractivity contribution is -0.119. The summed E-state index contributed by atoms with van der Waals surface area (Å²) in [4.78, 5) is 42.8. The second-order valence-electron chi connectivity index (χ2n) is 6.25. The molecule has 1 aromatic carbocycles. The molecule has 29 heavy (non-hydrogen) atoms. The summed E-state index contributed by atoms with van der Waals surface area (Å²) in [6.45, 7) is -0.473. The third-order valence-corrected chi connectivity index (χ3v) is 4.77. The number of nitrogens with zero attached hydrogens (tertiary/aromatic N) is 6. The number of amides is 1. The molecule has 11 heteroatoms. The molecule has 0 aliphatic carbocycles. The molecule has 9 nitrogen and oxygen atoms in total. The maximum Gasteiger partial charge on any atom is 0.332 e. The molecule has 0 fully saturated rings. The second-order valence-corrected chi connectivity index (χ2v) is 6.59. The topological polar surface area (TPSA) is 106 Å². The molecular weight excluding hydrogens is 403 g/mol. The summed E-state index contributed by atoms with van der Waals surface area (Å²) in [7, 11) is 2.73. The number of fused-ring (bicyclic) bond motifs is 1. The number of para-hydroxylation sites is 1. The molecule has 150 valence electrons. The van der Waals surface area contributed by atoms with Gasteiger partial charge in [-0.3, -0.25) is 23.3 Å². The molecule has 0 bridgehead atoms. The molecule has 2 aromatic heterocycles. The van der Waals surface area contributed by atoms with Gasteiger partial charge in [0.1, 0.15) is 12.4 Å². The van der Waals surface area contributed by atoms with Crippen molar-refractivity contribution < 1.29 is 9.18 Å². The van der Waals surface area contributed by atoms with Crippen LogP contribution in [0.1, 0.15) is 6.42 Å². The normalized spacial score (nSPS) is 10.9. The van der Waals surface area contributed by atoms with Crippen molar-refractivity contribution in [2.45, 2.75) is 13.0 Å². The van der Waals surface area contributed by atoms with Gasteiger partial charge >= 0.3 is 5.69 Å². The lowest BCUT2D eigenvalue weighted by Gasteiger charge is -2.22. The Hall–Kier alpha value is -3.45. The minimum absolute atomic E-state index is 0.00796. The molecule has 0 atom stereocenters. The summed E-state index contributed by atoms with van der Waals surface area (Å²) in [6.07, 6.45) is -0.0191. The first kappa shape index (κ1) is 20.3. The van der Waals surface area contributed by atoms with E-state index in [0.29, 0.717) is 0 Å². The Labute approximate surface area is 168 Å². The Kier molecular flexibility index (Phi) is 5.52. The molecule has 0 aliphatic rings. The van der Waals surface area contributed by atoms with Crippen LogP contribution in [0.25, 0.3) is 11.2 Å².